The maximum atomic E-state index is 9.97. The third kappa shape index (κ3) is 2.79. The monoisotopic (exact) mass is 328 g/mol. The van der Waals surface area contributed by atoms with Crippen molar-refractivity contribution in [3.8, 4) is 0 Å². The molecule has 0 aromatic carbocycles. The van der Waals surface area contributed by atoms with Gasteiger partial charge in [-0.25, -0.2) is 0 Å². The highest BCUT2D eigenvalue weighted by atomic mass is 28.4. The van der Waals surface area contributed by atoms with Crippen LogP contribution in [0.2, 0.25) is 18.1 Å². The Morgan fingerprint density at radius 1 is 1.18 bits per heavy atom. The molecule has 4 atom stereocenters. The van der Waals surface area contributed by atoms with Gasteiger partial charge in [0.15, 0.2) is 14.1 Å². The van der Waals surface area contributed by atoms with Gasteiger partial charge in [0.05, 0.1) is 19.3 Å². The Kier molecular flexibility index (Phi) is 4.27. The van der Waals surface area contributed by atoms with Gasteiger partial charge in [-0.1, -0.05) is 20.8 Å². The molecule has 5 heteroatoms. The average molecular weight is 329 g/mol. The van der Waals surface area contributed by atoms with Gasteiger partial charge >= 0.3 is 0 Å². The first-order valence-electron chi connectivity index (χ1n) is 8.74. The lowest BCUT2D eigenvalue weighted by Gasteiger charge is -2.40. The third-order valence-corrected chi connectivity index (χ3v) is 11.1. The largest absolute Gasteiger partial charge is 0.414 e. The number of hydrogen-bond donors (Lipinski definition) is 1. The lowest BCUT2D eigenvalue weighted by molar-refractivity contribution is -0.158. The van der Waals surface area contributed by atoms with Crippen molar-refractivity contribution in [3.63, 3.8) is 0 Å². The van der Waals surface area contributed by atoms with Crippen LogP contribution < -0.4 is 0 Å². The summed E-state index contributed by atoms with van der Waals surface area (Å²) in [4.78, 5) is 0. The lowest BCUT2D eigenvalue weighted by atomic mass is 9.92. The third-order valence-electron chi connectivity index (χ3n) is 6.56. The van der Waals surface area contributed by atoms with Crippen molar-refractivity contribution >= 4 is 8.32 Å². The summed E-state index contributed by atoms with van der Waals surface area (Å²) in [6.07, 6.45) is 3.17. The molecule has 0 aromatic heterocycles. The Bertz CT molecular complexity index is 411. The van der Waals surface area contributed by atoms with Crippen LogP contribution in [0.4, 0.5) is 0 Å². The van der Waals surface area contributed by atoms with Crippen molar-refractivity contribution < 1.29 is 19.0 Å². The number of aliphatic hydroxyl groups excluding tert-OH is 1. The summed E-state index contributed by atoms with van der Waals surface area (Å²) in [6, 6.07) is 0. The number of ether oxygens (including phenoxy) is 2. The predicted molar refractivity (Wildman–Crippen MR) is 88.1 cm³/mol. The van der Waals surface area contributed by atoms with Crippen molar-refractivity contribution in [2.75, 3.05) is 19.8 Å². The van der Waals surface area contributed by atoms with E-state index in [1.165, 1.54) is 0 Å². The number of fused-ring (bicyclic) bond motifs is 1. The second-order valence-electron chi connectivity index (χ2n) is 8.94. The van der Waals surface area contributed by atoms with E-state index < -0.39 is 8.32 Å². The van der Waals surface area contributed by atoms with Crippen molar-refractivity contribution in [1.82, 2.24) is 0 Å². The molecule has 3 rings (SSSR count). The van der Waals surface area contributed by atoms with Crippen LogP contribution in [0.3, 0.4) is 0 Å². The zero-order chi connectivity index (χ0) is 16.2. The van der Waals surface area contributed by atoms with Gasteiger partial charge < -0.3 is 19.0 Å². The molecule has 0 aromatic rings. The van der Waals surface area contributed by atoms with Crippen LogP contribution in [-0.4, -0.2) is 45.1 Å². The molecule has 0 unspecified atom stereocenters. The summed E-state index contributed by atoms with van der Waals surface area (Å²) < 4.78 is 18.4. The molecule has 1 aliphatic heterocycles. The van der Waals surface area contributed by atoms with Crippen molar-refractivity contribution in [1.29, 1.82) is 0 Å². The van der Waals surface area contributed by atoms with Gasteiger partial charge in [0, 0.05) is 25.4 Å². The maximum absolute atomic E-state index is 9.97. The summed E-state index contributed by atoms with van der Waals surface area (Å²) in [5.74, 6) is 0.958. The second-order valence-corrected chi connectivity index (χ2v) is 13.7. The van der Waals surface area contributed by atoms with Crippen LogP contribution in [0.5, 0.6) is 0 Å². The van der Waals surface area contributed by atoms with Crippen LogP contribution in [-0.2, 0) is 13.9 Å². The molecule has 128 valence electrons. The van der Waals surface area contributed by atoms with Crippen molar-refractivity contribution in [3.05, 3.63) is 0 Å². The van der Waals surface area contributed by atoms with Crippen molar-refractivity contribution in [2.24, 2.45) is 17.8 Å². The van der Waals surface area contributed by atoms with Gasteiger partial charge in [0.2, 0.25) is 0 Å². The Morgan fingerprint density at radius 3 is 2.36 bits per heavy atom. The summed E-state index contributed by atoms with van der Waals surface area (Å²) >= 11 is 0. The van der Waals surface area contributed by atoms with Gasteiger partial charge in [-0.3, -0.25) is 0 Å². The van der Waals surface area contributed by atoms with Gasteiger partial charge in [0.25, 0.3) is 0 Å². The first kappa shape index (κ1) is 16.9. The minimum Gasteiger partial charge on any atom is -0.414 e. The standard InChI is InChI=1S/C17H32O4Si/c1-16(2,3)22(4,5)21-15-8-12-9-17(19-6-7-20-17)10-13(12)14(15)11-18/h12-15,18H,6-11H2,1-5H3/t12-,13+,14-,15-/m1/s1. The first-order chi connectivity index (χ1) is 10.2. The number of rotatable bonds is 3. The molecule has 4 nitrogen and oxygen atoms in total. The number of aliphatic hydroxyl groups is 1. The molecule has 0 amide bonds. The highest BCUT2D eigenvalue weighted by Gasteiger charge is 2.57. The van der Waals surface area contributed by atoms with E-state index in [1.807, 2.05) is 0 Å². The smallest absolute Gasteiger partial charge is 0.192 e. The van der Waals surface area contributed by atoms with E-state index in [-0.39, 0.29) is 29.5 Å². The molecule has 2 saturated carbocycles. The molecule has 3 aliphatic rings. The van der Waals surface area contributed by atoms with Gasteiger partial charge in [-0.2, -0.15) is 0 Å². The second kappa shape index (κ2) is 5.55. The Hall–Kier alpha value is 0.0569. The average Bonchev–Trinajstić information content (AvgIpc) is 3.04. The molecule has 0 radical (unpaired) electrons. The van der Waals surface area contributed by atoms with Gasteiger partial charge in [0.1, 0.15) is 0 Å². The van der Waals surface area contributed by atoms with Crippen LogP contribution in [0, 0.1) is 17.8 Å². The summed E-state index contributed by atoms with van der Waals surface area (Å²) in [5, 5.41) is 10.2. The topological polar surface area (TPSA) is 47.9 Å². The van der Waals surface area contributed by atoms with Gasteiger partial charge in [-0.05, 0) is 36.4 Å². The Labute approximate surface area is 135 Å². The van der Waals surface area contributed by atoms with E-state index in [9.17, 15) is 5.11 Å². The maximum Gasteiger partial charge on any atom is 0.192 e. The summed E-state index contributed by atoms with van der Waals surface area (Å²) in [6.45, 7) is 13.1. The molecule has 1 saturated heterocycles. The quantitative estimate of drug-likeness (QED) is 0.809. The lowest BCUT2D eigenvalue weighted by Crippen LogP contribution is -2.46. The normalized spacial score (nSPS) is 37.9. The van der Waals surface area contributed by atoms with E-state index >= 15 is 0 Å². The molecule has 1 spiro atoms. The SMILES string of the molecule is CC(C)(C)[Si](C)(C)O[C@@H]1C[C@@H]2CC3(C[C@@H]2[C@H]1CO)OCCO3. The zero-order valence-electron chi connectivity index (χ0n) is 14.7. The Balaban J connectivity index is 1.70. The Morgan fingerprint density at radius 2 is 1.82 bits per heavy atom. The molecule has 2 aliphatic carbocycles. The number of hydrogen-bond acceptors (Lipinski definition) is 4. The summed E-state index contributed by atoms with van der Waals surface area (Å²) in [7, 11) is -1.79. The molecular weight excluding hydrogens is 296 g/mol. The summed E-state index contributed by atoms with van der Waals surface area (Å²) in [5.41, 5.74) is 0. The highest BCUT2D eigenvalue weighted by Crippen LogP contribution is 2.55. The minimum atomic E-state index is -1.79. The van der Waals surface area contributed by atoms with Gasteiger partial charge in [-0.15, -0.1) is 0 Å². The van der Waals surface area contributed by atoms with E-state index in [1.54, 1.807) is 0 Å². The molecule has 1 N–H and O–H groups in total. The van der Waals surface area contributed by atoms with E-state index in [2.05, 4.69) is 33.9 Å². The van der Waals surface area contributed by atoms with Crippen LogP contribution in [0.1, 0.15) is 40.0 Å². The fourth-order valence-corrected chi connectivity index (χ4v) is 5.73. The molecule has 1 heterocycles. The van der Waals surface area contributed by atoms with Crippen LogP contribution in [0.15, 0.2) is 0 Å². The highest BCUT2D eigenvalue weighted by molar-refractivity contribution is 6.74. The zero-order valence-corrected chi connectivity index (χ0v) is 15.7. The van der Waals surface area contributed by atoms with Crippen LogP contribution >= 0.6 is 0 Å². The van der Waals surface area contributed by atoms with Crippen molar-refractivity contribution in [2.45, 2.75) is 70.1 Å². The minimum absolute atomic E-state index is 0.208. The fraction of sp³-hybridized carbons (Fsp3) is 1.00. The van der Waals surface area contributed by atoms with E-state index in [0.29, 0.717) is 25.0 Å². The van der Waals surface area contributed by atoms with Crippen LogP contribution in [0.25, 0.3) is 0 Å². The fourth-order valence-electron chi connectivity index (χ4n) is 4.34. The molecular formula is C17H32O4Si. The van der Waals surface area contributed by atoms with E-state index in [4.69, 9.17) is 13.9 Å². The molecule has 3 fully saturated rings. The first-order valence-corrected chi connectivity index (χ1v) is 11.6. The molecule has 22 heavy (non-hydrogen) atoms. The van der Waals surface area contributed by atoms with E-state index in [0.717, 1.165) is 19.3 Å². The predicted octanol–water partition coefficient (Wildman–Crippen LogP) is 3.16. The molecule has 0 bridgehead atoms.